The summed E-state index contributed by atoms with van der Waals surface area (Å²) in [5, 5.41) is 27.5. The van der Waals surface area contributed by atoms with Gasteiger partial charge in [-0.3, -0.25) is 4.98 Å². The van der Waals surface area contributed by atoms with Crippen LogP contribution in [0.1, 0.15) is 32.6 Å². The summed E-state index contributed by atoms with van der Waals surface area (Å²) in [4.78, 5) is 2.16. The first-order valence-electron chi connectivity index (χ1n) is 5.12. The van der Waals surface area contributed by atoms with E-state index >= 15 is 0 Å². The number of aromatic hydroxyl groups is 3. The lowest BCUT2D eigenvalue weighted by atomic mass is 10.2. The van der Waals surface area contributed by atoms with E-state index in [1.165, 1.54) is 0 Å². The van der Waals surface area contributed by atoms with Gasteiger partial charge < -0.3 is 20.1 Å². The number of aromatic nitrogens is 1. The van der Waals surface area contributed by atoms with E-state index in [1.54, 1.807) is 0 Å². The molecule has 0 unspecified atom stereocenters. The normalized spacial score (nSPS) is 10.5. The highest BCUT2D eigenvalue weighted by molar-refractivity contribution is 5.53. The Morgan fingerprint density at radius 2 is 1.80 bits per heavy atom. The van der Waals surface area contributed by atoms with Crippen molar-refractivity contribution in [1.82, 2.24) is 4.98 Å². The molecule has 1 rings (SSSR count). The highest BCUT2D eigenvalue weighted by Crippen LogP contribution is 2.42. The maximum Gasteiger partial charge on any atom is 0.239 e. The number of aromatic amines is 1. The largest absolute Gasteiger partial charge is 0.500 e. The zero-order valence-corrected chi connectivity index (χ0v) is 8.79. The first kappa shape index (κ1) is 11.6. The van der Waals surface area contributed by atoms with Crippen molar-refractivity contribution in [2.24, 2.45) is 0 Å². The second-order valence-electron chi connectivity index (χ2n) is 3.41. The van der Waals surface area contributed by atoms with Crippen LogP contribution >= 0.6 is 0 Å². The van der Waals surface area contributed by atoms with Gasteiger partial charge in [0.25, 0.3) is 0 Å². The van der Waals surface area contributed by atoms with Crippen molar-refractivity contribution in [2.75, 3.05) is 6.61 Å². The third kappa shape index (κ3) is 2.97. The molecular formula is C10H17NO4. The molecule has 0 saturated heterocycles. The molecule has 15 heavy (non-hydrogen) atoms. The van der Waals surface area contributed by atoms with Crippen LogP contribution in [0.3, 0.4) is 0 Å². The summed E-state index contributed by atoms with van der Waals surface area (Å²) in [6, 6.07) is 0. The van der Waals surface area contributed by atoms with Gasteiger partial charge in [-0.25, -0.2) is 0 Å². The van der Waals surface area contributed by atoms with Crippen molar-refractivity contribution < 1.29 is 20.1 Å². The summed E-state index contributed by atoms with van der Waals surface area (Å²) >= 11 is 0. The first-order chi connectivity index (χ1) is 7.16. The van der Waals surface area contributed by atoms with Gasteiger partial charge in [0.2, 0.25) is 23.3 Å². The lowest BCUT2D eigenvalue weighted by Crippen LogP contribution is -1.96. The van der Waals surface area contributed by atoms with E-state index in [0.29, 0.717) is 6.61 Å². The highest BCUT2D eigenvalue weighted by atomic mass is 16.5. The molecule has 0 aliphatic heterocycles. The molecule has 0 spiro atoms. The van der Waals surface area contributed by atoms with Gasteiger partial charge in [0, 0.05) is 0 Å². The molecule has 0 atom stereocenters. The van der Waals surface area contributed by atoms with Crippen LogP contribution in [0.15, 0.2) is 0 Å². The Labute approximate surface area is 88.3 Å². The number of hydrogen-bond donors (Lipinski definition) is 4. The summed E-state index contributed by atoms with van der Waals surface area (Å²) in [5.41, 5.74) is 0. The van der Waals surface area contributed by atoms with E-state index in [4.69, 9.17) is 9.84 Å². The van der Waals surface area contributed by atoms with E-state index in [1.807, 2.05) is 0 Å². The second kappa shape index (κ2) is 5.38. The lowest BCUT2D eigenvalue weighted by molar-refractivity contribution is 0.274. The van der Waals surface area contributed by atoms with E-state index in [-0.39, 0.29) is 11.6 Å². The van der Waals surface area contributed by atoms with Crippen LogP contribution in [0, 0.1) is 0 Å². The molecule has 0 amide bonds. The number of unbranched alkanes of at least 4 members (excludes halogenated alkanes) is 3. The summed E-state index contributed by atoms with van der Waals surface area (Å²) in [6.45, 7) is 2.53. The molecule has 5 nitrogen and oxygen atoms in total. The Morgan fingerprint density at radius 3 is 2.33 bits per heavy atom. The highest BCUT2D eigenvalue weighted by Gasteiger charge is 2.16. The monoisotopic (exact) mass is 215 g/mol. The average Bonchev–Trinajstić information content (AvgIpc) is 2.44. The average molecular weight is 215 g/mol. The lowest BCUT2D eigenvalue weighted by Gasteiger charge is -2.04. The van der Waals surface area contributed by atoms with Crippen molar-refractivity contribution in [3.63, 3.8) is 0 Å². The van der Waals surface area contributed by atoms with Crippen LogP contribution in [0.25, 0.3) is 0 Å². The zero-order valence-electron chi connectivity index (χ0n) is 8.79. The molecule has 0 aliphatic rings. The van der Waals surface area contributed by atoms with Crippen molar-refractivity contribution in [3.8, 4) is 23.3 Å². The Morgan fingerprint density at radius 1 is 1.07 bits per heavy atom. The second-order valence-corrected chi connectivity index (χ2v) is 3.41. The number of hydrogen-bond acceptors (Lipinski definition) is 4. The number of H-pyrrole nitrogens is 1. The number of rotatable bonds is 6. The minimum atomic E-state index is -0.476. The maximum absolute atomic E-state index is 9.25. The van der Waals surface area contributed by atoms with Crippen LogP contribution in [0.2, 0.25) is 0 Å². The Balaban J connectivity index is 2.37. The van der Waals surface area contributed by atoms with Crippen molar-refractivity contribution in [1.29, 1.82) is 0 Å². The van der Waals surface area contributed by atoms with Crippen LogP contribution in [-0.4, -0.2) is 26.9 Å². The van der Waals surface area contributed by atoms with E-state index in [9.17, 15) is 10.2 Å². The van der Waals surface area contributed by atoms with E-state index < -0.39 is 11.6 Å². The molecule has 1 heterocycles. The number of ether oxygens (including phenoxy) is 1. The van der Waals surface area contributed by atoms with Crippen molar-refractivity contribution >= 4 is 0 Å². The van der Waals surface area contributed by atoms with Gasteiger partial charge in [-0.05, 0) is 6.42 Å². The Hall–Kier alpha value is -1.52. The summed E-state index contributed by atoms with van der Waals surface area (Å²) in [6.07, 6.45) is 4.19. The fourth-order valence-corrected chi connectivity index (χ4v) is 1.29. The SMILES string of the molecule is CCCCCCOc1c(O)[nH]c(O)c1O. The van der Waals surface area contributed by atoms with Crippen LogP contribution in [0.5, 0.6) is 23.3 Å². The van der Waals surface area contributed by atoms with Crippen LogP contribution in [-0.2, 0) is 0 Å². The molecule has 0 aromatic carbocycles. The molecule has 1 aromatic heterocycles. The van der Waals surface area contributed by atoms with Gasteiger partial charge in [-0.2, -0.15) is 0 Å². The molecule has 0 saturated carbocycles. The van der Waals surface area contributed by atoms with Gasteiger partial charge >= 0.3 is 0 Å². The predicted octanol–water partition coefficient (Wildman–Crippen LogP) is 2.09. The smallest absolute Gasteiger partial charge is 0.239 e. The quantitative estimate of drug-likeness (QED) is 0.547. The Kier molecular flexibility index (Phi) is 4.15. The molecule has 4 N–H and O–H groups in total. The number of nitrogens with one attached hydrogen (secondary N) is 1. The van der Waals surface area contributed by atoms with Gasteiger partial charge in [-0.15, -0.1) is 0 Å². The molecule has 0 aliphatic carbocycles. The molecule has 0 radical (unpaired) electrons. The van der Waals surface area contributed by atoms with Gasteiger partial charge in [0.05, 0.1) is 6.61 Å². The zero-order chi connectivity index (χ0) is 11.3. The third-order valence-electron chi connectivity index (χ3n) is 2.14. The summed E-state index contributed by atoms with van der Waals surface area (Å²) < 4.78 is 5.14. The van der Waals surface area contributed by atoms with Crippen molar-refractivity contribution in [2.45, 2.75) is 32.6 Å². The standard InChI is InChI=1S/C10H17NO4/c1-2-3-4-5-6-15-8-7(12)9(13)11-10(8)14/h11-14H,2-6H2,1H3. The first-order valence-corrected chi connectivity index (χ1v) is 5.12. The summed E-state index contributed by atoms with van der Waals surface area (Å²) in [7, 11) is 0. The van der Waals surface area contributed by atoms with Crippen molar-refractivity contribution in [3.05, 3.63) is 0 Å². The molecular weight excluding hydrogens is 198 g/mol. The van der Waals surface area contributed by atoms with E-state index in [2.05, 4.69) is 11.9 Å². The predicted molar refractivity (Wildman–Crippen MR) is 55.4 cm³/mol. The molecule has 0 fully saturated rings. The van der Waals surface area contributed by atoms with E-state index in [0.717, 1.165) is 25.7 Å². The van der Waals surface area contributed by atoms with Gasteiger partial charge in [0.1, 0.15) is 0 Å². The third-order valence-corrected chi connectivity index (χ3v) is 2.14. The minimum absolute atomic E-state index is 0.0796. The maximum atomic E-state index is 9.25. The Bertz CT molecular complexity index is 309. The van der Waals surface area contributed by atoms with Gasteiger partial charge in [-0.1, -0.05) is 26.2 Å². The topological polar surface area (TPSA) is 85.7 Å². The molecule has 1 aromatic rings. The summed E-state index contributed by atoms with van der Waals surface area (Å²) in [5.74, 6) is -1.34. The fourth-order valence-electron chi connectivity index (χ4n) is 1.29. The van der Waals surface area contributed by atoms with Crippen LogP contribution < -0.4 is 4.74 Å². The van der Waals surface area contributed by atoms with Crippen LogP contribution in [0.4, 0.5) is 0 Å². The molecule has 0 bridgehead atoms. The fraction of sp³-hybridized carbons (Fsp3) is 0.600. The molecule has 86 valence electrons. The van der Waals surface area contributed by atoms with Gasteiger partial charge in [0.15, 0.2) is 0 Å². The minimum Gasteiger partial charge on any atom is -0.500 e. The molecule has 5 heteroatoms.